The predicted octanol–water partition coefficient (Wildman–Crippen LogP) is 0.961. The van der Waals surface area contributed by atoms with Gasteiger partial charge >= 0.3 is 0 Å². The molecule has 0 N–H and O–H groups in total. The minimum absolute atomic E-state index is 0.0765. The Labute approximate surface area is 178 Å². The van der Waals surface area contributed by atoms with E-state index in [9.17, 15) is 4.79 Å². The van der Waals surface area contributed by atoms with Crippen molar-refractivity contribution in [2.24, 2.45) is 0 Å². The van der Waals surface area contributed by atoms with Crippen molar-refractivity contribution in [2.45, 2.75) is 11.7 Å². The Morgan fingerprint density at radius 2 is 1.83 bits per heavy atom. The number of nitrogens with zero attached hydrogens (tertiary/aromatic N) is 8. The third-order valence-corrected chi connectivity index (χ3v) is 5.72. The molecule has 10 nitrogen and oxygen atoms in total. The maximum Gasteiger partial charge on any atom is 0.233 e. The number of ether oxygens (including phenoxy) is 1. The van der Waals surface area contributed by atoms with E-state index in [0.29, 0.717) is 36.5 Å². The highest BCUT2D eigenvalue weighted by Crippen LogP contribution is 2.18. The molecule has 11 heteroatoms. The van der Waals surface area contributed by atoms with Crippen molar-refractivity contribution in [1.29, 1.82) is 0 Å². The summed E-state index contributed by atoms with van der Waals surface area (Å²) in [7, 11) is 1.64. The summed E-state index contributed by atoms with van der Waals surface area (Å²) in [4.78, 5) is 25.1. The SMILES string of the molecule is COc1ccc(Cn2nnnc2SCC(=O)N2CCN(c3ncccn3)CC2)cc1. The fraction of sp³-hybridized carbons (Fsp3) is 0.368. The van der Waals surface area contributed by atoms with Crippen molar-refractivity contribution in [3.05, 3.63) is 48.3 Å². The second-order valence-electron chi connectivity index (χ2n) is 6.67. The summed E-state index contributed by atoms with van der Waals surface area (Å²) in [6.07, 6.45) is 3.46. The zero-order valence-corrected chi connectivity index (χ0v) is 17.4. The van der Waals surface area contributed by atoms with Gasteiger partial charge in [0, 0.05) is 38.6 Å². The highest BCUT2D eigenvalue weighted by Gasteiger charge is 2.23. The Morgan fingerprint density at radius 1 is 1.10 bits per heavy atom. The molecule has 0 atom stereocenters. The zero-order chi connectivity index (χ0) is 20.8. The van der Waals surface area contributed by atoms with Gasteiger partial charge in [-0.05, 0) is 34.2 Å². The molecule has 0 aliphatic carbocycles. The van der Waals surface area contributed by atoms with Crippen molar-refractivity contribution >= 4 is 23.6 Å². The number of anilines is 1. The largest absolute Gasteiger partial charge is 0.497 e. The van der Waals surface area contributed by atoms with Gasteiger partial charge in [-0.2, -0.15) is 0 Å². The number of piperazine rings is 1. The highest BCUT2D eigenvalue weighted by molar-refractivity contribution is 7.99. The minimum Gasteiger partial charge on any atom is -0.497 e. The average molecular weight is 427 g/mol. The van der Waals surface area contributed by atoms with E-state index in [4.69, 9.17) is 4.74 Å². The van der Waals surface area contributed by atoms with Gasteiger partial charge in [-0.25, -0.2) is 14.6 Å². The Kier molecular flexibility index (Phi) is 6.38. The van der Waals surface area contributed by atoms with Crippen LogP contribution >= 0.6 is 11.8 Å². The van der Waals surface area contributed by atoms with Crippen LogP contribution < -0.4 is 9.64 Å². The topological polar surface area (TPSA) is 102 Å². The first-order chi connectivity index (χ1) is 14.7. The molecule has 0 bridgehead atoms. The number of rotatable bonds is 7. The molecule has 1 aliphatic heterocycles. The number of thioether (sulfide) groups is 1. The Bertz CT molecular complexity index is 958. The van der Waals surface area contributed by atoms with Gasteiger partial charge < -0.3 is 14.5 Å². The Hall–Kier alpha value is -3.21. The summed E-state index contributed by atoms with van der Waals surface area (Å²) < 4.78 is 6.88. The molecule has 3 heterocycles. The zero-order valence-electron chi connectivity index (χ0n) is 16.6. The van der Waals surface area contributed by atoms with Gasteiger partial charge in [-0.3, -0.25) is 4.79 Å². The molecule has 1 aliphatic rings. The van der Waals surface area contributed by atoms with Crippen LogP contribution in [0.1, 0.15) is 5.56 Å². The number of tetrazole rings is 1. The molecule has 3 aromatic rings. The average Bonchev–Trinajstić information content (AvgIpc) is 3.25. The first-order valence-corrected chi connectivity index (χ1v) is 10.5. The molecule has 30 heavy (non-hydrogen) atoms. The lowest BCUT2D eigenvalue weighted by molar-refractivity contribution is -0.128. The Balaban J connectivity index is 1.28. The van der Waals surface area contributed by atoms with E-state index < -0.39 is 0 Å². The highest BCUT2D eigenvalue weighted by atomic mass is 32.2. The fourth-order valence-electron chi connectivity index (χ4n) is 3.13. The number of amides is 1. The lowest BCUT2D eigenvalue weighted by atomic mass is 10.2. The summed E-state index contributed by atoms with van der Waals surface area (Å²) in [5.74, 6) is 1.88. The van der Waals surface area contributed by atoms with Crippen LogP contribution in [-0.4, -0.2) is 80.0 Å². The molecule has 4 rings (SSSR count). The number of methoxy groups -OCH3 is 1. The number of hydrogen-bond donors (Lipinski definition) is 0. The van der Waals surface area contributed by atoms with Gasteiger partial charge in [0.1, 0.15) is 5.75 Å². The summed E-state index contributed by atoms with van der Waals surface area (Å²) in [6.45, 7) is 3.26. The molecule has 0 unspecified atom stereocenters. The van der Waals surface area contributed by atoms with Crippen LogP contribution in [0.5, 0.6) is 5.75 Å². The van der Waals surface area contributed by atoms with Gasteiger partial charge in [0.2, 0.25) is 17.0 Å². The van der Waals surface area contributed by atoms with E-state index in [2.05, 4.69) is 30.4 Å². The second kappa shape index (κ2) is 9.53. The summed E-state index contributed by atoms with van der Waals surface area (Å²) in [6, 6.07) is 9.53. The van der Waals surface area contributed by atoms with Gasteiger partial charge in [-0.15, -0.1) is 5.10 Å². The van der Waals surface area contributed by atoms with Gasteiger partial charge in [0.05, 0.1) is 19.4 Å². The number of hydrogen-bond acceptors (Lipinski definition) is 9. The number of carbonyl (C=O) groups is 1. The Morgan fingerprint density at radius 3 is 2.53 bits per heavy atom. The van der Waals surface area contributed by atoms with Crippen molar-refractivity contribution in [2.75, 3.05) is 43.9 Å². The first kappa shape index (κ1) is 20.1. The van der Waals surface area contributed by atoms with Crippen LogP contribution in [0, 0.1) is 0 Å². The normalized spacial score (nSPS) is 14.0. The monoisotopic (exact) mass is 426 g/mol. The quantitative estimate of drug-likeness (QED) is 0.511. The second-order valence-corrected chi connectivity index (χ2v) is 7.61. The van der Waals surface area contributed by atoms with Crippen molar-refractivity contribution in [3.8, 4) is 5.75 Å². The van der Waals surface area contributed by atoms with Crippen molar-refractivity contribution < 1.29 is 9.53 Å². The molecule has 0 radical (unpaired) electrons. The molecule has 1 amide bonds. The van der Waals surface area contributed by atoms with Crippen LogP contribution in [0.25, 0.3) is 0 Å². The van der Waals surface area contributed by atoms with E-state index in [-0.39, 0.29) is 5.91 Å². The van der Waals surface area contributed by atoms with E-state index in [1.54, 1.807) is 30.3 Å². The molecule has 156 valence electrons. The maximum absolute atomic E-state index is 12.6. The third-order valence-electron chi connectivity index (χ3n) is 4.78. The van der Waals surface area contributed by atoms with Gasteiger partial charge in [0.25, 0.3) is 0 Å². The number of carbonyl (C=O) groups excluding carboxylic acids is 1. The molecule has 1 saturated heterocycles. The number of aromatic nitrogens is 6. The van der Waals surface area contributed by atoms with Crippen LogP contribution in [0.4, 0.5) is 5.95 Å². The summed E-state index contributed by atoms with van der Waals surface area (Å²) in [5, 5.41) is 12.5. The van der Waals surface area contributed by atoms with Crippen LogP contribution in [0.15, 0.2) is 47.9 Å². The molecular formula is C19H22N8O2S. The van der Waals surface area contributed by atoms with Crippen molar-refractivity contribution in [3.63, 3.8) is 0 Å². The van der Waals surface area contributed by atoms with E-state index in [0.717, 1.165) is 24.4 Å². The lowest BCUT2D eigenvalue weighted by Crippen LogP contribution is -2.49. The van der Waals surface area contributed by atoms with Crippen LogP contribution in [-0.2, 0) is 11.3 Å². The molecule has 2 aromatic heterocycles. The molecular weight excluding hydrogens is 404 g/mol. The van der Waals surface area contributed by atoms with Crippen LogP contribution in [0.3, 0.4) is 0 Å². The van der Waals surface area contributed by atoms with E-state index >= 15 is 0 Å². The summed E-state index contributed by atoms with van der Waals surface area (Å²) in [5.41, 5.74) is 1.05. The van der Waals surface area contributed by atoms with Crippen LogP contribution in [0.2, 0.25) is 0 Å². The molecule has 0 spiro atoms. The van der Waals surface area contributed by atoms with E-state index in [1.807, 2.05) is 29.2 Å². The molecule has 1 fully saturated rings. The summed E-state index contributed by atoms with van der Waals surface area (Å²) >= 11 is 1.35. The minimum atomic E-state index is 0.0765. The molecule has 1 aromatic carbocycles. The smallest absolute Gasteiger partial charge is 0.233 e. The standard InChI is InChI=1S/C19H22N8O2S/c1-29-16-5-3-15(4-6-16)13-27-19(22-23-24-27)30-14-17(28)25-9-11-26(12-10-25)18-20-7-2-8-21-18/h2-8H,9-14H2,1H3. The number of benzene rings is 1. The maximum atomic E-state index is 12.6. The lowest BCUT2D eigenvalue weighted by Gasteiger charge is -2.34. The molecule has 0 saturated carbocycles. The fourth-order valence-corrected chi connectivity index (χ4v) is 3.91. The third kappa shape index (κ3) is 4.85. The predicted molar refractivity (Wildman–Crippen MR) is 111 cm³/mol. The van der Waals surface area contributed by atoms with Gasteiger partial charge in [-0.1, -0.05) is 23.9 Å². The first-order valence-electron chi connectivity index (χ1n) is 9.54. The van der Waals surface area contributed by atoms with E-state index in [1.165, 1.54) is 11.8 Å². The van der Waals surface area contributed by atoms with Gasteiger partial charge in [0.15, 0.2) is 0 Å². The van der Waals surface area contributed by atoms with Crippen molar-refractivity contribution in [1.82, 2.24) is 35.1 Å².